The lowest BCUT2D eigenvalue weighted by atomic mass is 10.0. The van der Waals surface area contributed by atoms with Crippen LogP contribution < -0.4 is 5.32 Å². The van der Waals surface area contributed by atoms with E-state index in [1.165, 1.54) is 6.07 Å². The molecule has 30 heavy (non-hydrogen) atoms. The monoisotopic (exact) mass is 456 g/mol. The van der Waals surface area contributed by atoms with Gasteiger partial charge in [-0.15, -0.1) is 12.4 Å². The number of aromatic nitrogens is 2. The maximum absolute atomic E-state index is 14.5. The molecular formula is C19H22ClFN4O4S. The average Bonchev–Trinajstić information content (AvgIpc) is 3.35. The maximum atomic E-state index is 14.5. The van der Waals surface area contributed by atoms with Crippen molar-refractivity contribution >= 4 is 28.2 Å². The molecule has 1 unspecified atom stereocenters. The molecule has 0 aliphatic carbocycles. The second-order valence-electron chi connectivity index (χ2n) is 7.55. The van der Waals surface area contributed by atoms with Crippen LogP contribution in [0.15, 0.2) is 23.1 Å². The number of hydrogen-bond acceptors (Lipinski definition) is 6. The van der Waals surface area contributed by atoms with Crippen molar-refractivity contribution in [3.8, 4) is 11.3 Å². The van der Waals surface area contributed by atoms with Gasteiger partial charge in [-0.25, -0.2) is 12.8 Å². The first-order chi connectivity index (χ1) is 14.0. The first-order valence-electron chi connectivity index (χ1n) is 9.68. The molecule has 162 valence electrons. The van der Waals surface area contributed by atoms with E-state index in [-0.39, 0.29) is 40.5 Å². The zero-order valence-corrected chi connectivity index (χ0v) is 17.8. The summed E-state index contributed by atoms with van der Waals surface area (Å²) < 4.78 is 47.4. The molecule has 1 aromatic carbocycles. The Morgan fingerprint density at radius 2 is 2.03 bits per heavy atom. The molecule has 2 aromatic rings. The Morgan fingerprint density at radius 1 is 1.27 bits per heavy atom. The number of nitrogens with one attached hydrogen (secondary N) is 1. The van der Waals surface area contributed by atoms with Crippen molar-refractivity contribution in [2.45, 2.75) is 23.1 Å². The summed E-state index contributed by atoms with van der Waals surface area (Å²) in [6, 6.07) is 4.22. The molecule has 1 N–H and O–H groups in total. The fourth-order valence-corrected chi connectivity index (χ4v) is 6.03. The predicted molar refractivity (Wildman–Crippen MR) is 109 cm³/mol. The fourth-order valence-electron chi connectivity index (χ4n) is 4.37. The number of benzene rings is 1. The van der Waals surface area contributed by atoms with Gasteiger partial charge in [-0.3, -0.25) is 9.48 Å². The second-order valence-corrected chi connectivity index (χ2v) is 9.47. The summed E-state index contributed by atoms with van der Waals surface area (Å²) in [6.07, 6.45) is 0.802. The number of halogens is 2. The van der Waals surface area contributed by atoms with Crippen molar-refractivity contribution in [1.82, 2.24) is 20.0 Å². The van der Waals surface area contributed by atoms with Crippen LogP contribution in [0.25, 0.3) is 11.3 Å². The normalized spacial score (nSPS) is 22.2. The van der Waals surface area contributed by atoms with Crippen molar-refractivity contribution in [3.63, 3.8) is 0 Å². The van der Waals surface area contributed by atoms with Crippen LogP contribution in [0.5, 0.6) is 0 Å². The van der Waals surface area contributed by atoms with Crippen LogP contribution in [0.1, 0.15) is 28.5 Å². The van der Waals surface area contributed by atoms with E-state index in [4.69, 9.17) is 4.74 Å². The van der Waals surface area contributed by atoms with Crippen LogP contribution in [-0.2, 0) is 20.3 Å². The third kappa shape index (κ3) is 3.31. The summed E-state index contributed by atoms with van der Waals surface area (Å²) in [5, 5.41) is 7.87. The van der Waals surface area contributed by atoms with Gasteiger partial charge in [0, 0.05) is 30.8 Å². The van der Waals surface area contributed by atoms with Crippen molar-refractivity contribution in [1.29, 1.82) is 0 Å². The van der Waals surface area contributed by atoms with E-state index >= 15 is 0 Å². The number of morpholine rings is 1. The van der Waals surface area contributed by atoms with Gasteiger partial charge in [0.15, 0.2) is 15.5 Å². The number of fused-ring (bicyclic) bond motifs is 3. The summed E-state index contributed by atoms with van der Waals surface area (Å²) in [5.41, 5.74) is 1.34. The topological polar surface area (TPSA) is 93.5 Å². The standard InChI is InChI=1S/C19H21FN4O4S.ClH/c20-15-3-1-2-13-17-14(11-29(26,27)18(13)15)16(19(25)23-6-8-28-9-7-23)22-24(17)12-4-5-21-10-12;/h1-3,12,21H,4-11H2;1H. The highest BCUT2D eigenvalue weighted by Gasteiger charge is 2.40. The molecular weight excluding hydrogens is 435 g/mol. The van der Waals surface area contributed by atoms with Crippen LogP contribution in [0.3, 0.4) is 0 Å². The van der Waals surface area contributed by atoms with E-state index in [1.54, 1.807) is 15.6 Å². The Labute approximate surface area is 179 Å². The quantitative estimate of drug-likeness (QED) is 0.734. The number of carbonyl (C=O) groups excluding carboxylic acids is 1. The van der Waals surface area contributed by atoms with Gasteiger partial charge >= 0.3 is 0 Å². The molecule has 0 radical (unpaired) electrons. The zero-order valence-electron chi connectivity index (χ0n) is 16.1. The number of carbonyl (C=O) groups is 1. The largest absolute Gasteiger partial charge is 0.378 e. The molecule has 0 bridgehead atoms. The van der Waals surface area contributed by atoms with E-state index in [0.717, 1.165) is 19.0 Å². The number of ether oxygens (including phenoxy) is 1. The average molecular weight is 457 g/mol. The van der Waals surface area contributed by atoms with Crippen molar-refractivity contribution < 1.29 is 22.3 Å². The summed E-state index contributed by atoms with van der Waals surface area (Å²) in [6.45, 7) is 3.21. The van der Waals surface area contributed by atoms with Gasteiger partial charge in [-0.1, -0.05) is 12.1 Å². The molecule has 1 aromatic heterocycles. The molecule has 0 saturated carbocycles. The molecule has 2 fully saturated rings. The molecule has 8 nitrogen and oxygen atoms in total. The highest BCUT2D eigenvalue weighted by Crippen LogP contribution is 2.42. The van der Waals surface area contributed by atoms with Gasteiger partial charge < -0.3 is 15.0 Å². The van der Waals surface area contributed by atoms with E-state index < -0.39 is 21.4 Å². The molecule has 1 amide bonds. The van der Waals surface area contributed by atoms with Crippen LogP contribution in [0.2, 0.25) is 0 Å². The Kier molecular flexibility index (Phi) is 5.60. The van der Waals surface area contributed by atoms with Crippen LogP contribution in [0, 0.1) is 5.82 Å². The summed E-state index contributed by atoms with van der Waals surface area (Å²) in [5.74, 6) is -1.50. The van der Waals surface area contributed by atoms with Gasteiger partial charge in [0.05, 0.1) is 30.7 Å². The van der Waals surface area contributed by atoms with Gasteiger partial charge in [-0.2, -0.15) is 5.10 Å². The number of rotatable bonds is 2. The minimum Gasteiger partial charge on any atom is -0.378 e. The SMILES string of the molecule is Cl.O=C(c1nn(C2CCNC2)c2c1CS(=O)(=O)c1c(F)cccc1-2)N1CCOCC1. The Balaban J connectivity index is 0.00000218. The molecule has 3 aliphatic rings. The first kappa shape index (κ1) is 21.2. The lowest BCUT2D eigenvalue weighted by Gasteiger charge is -2.26. The third-order valence-electron chi connectivity index (χ3n) is 5.76. The first-order valence-corrected chi connectivity index (χ1v) is 11.3. The lowest BCUT2D eigenvalue weighted by Crippen LogP contribution is -2.41. The fraction of sp³-hybridized carbons (Fsp3) is 0.474. The van der Waals surface area contributed by atoms with Crippen LogP contribution in [-0.4, -0.2) is 68.4 Å². The molecule has 0 spiro atoms. The number of sulfone groups is 1. The van der Waals surface area contributed by atoms with Gasteiger partial charge in [0.2, 0.25) is 0 Å². The second kappa shape index (κ2) is 7.92. The van der Waals surface area contributed by atoms with Crippen molar-refractivity contribution in [3.05, 3.63) is 35.3 Å². The highest BCUT2D eigenvalue weighted by molar-refractivity contribution is 7.91. The third-order valence-corrected chi connectivity index (χ3v) is 7.46. The number of amides is 1. The van der Waals surface area contributed by atoms with Crippen molar-refractivity contribution in [2.24, 2.45) is 0 Å². The molecule has 1 atom stereocenters. The lowest BCUT2D eigenvalue weighted by molar-refractivity contribution is 0.0297. The maximum Gasteiger partial charge on any atom is 0.274 e. The minimum atomic E-state index is -3.92. The molecule has 2 saturated heterocycles. The molecule has 11 heteroatoms. The van der Waals surface area contributed by atoms with Gasteiger partial charge in [0.25, 0.3) is 5.91 Å². The Bertz CT molecular complexity index is 1090. The minimum absolute atomic E-state index is 0. The zero-order chi connectivity index (χ0) is 20.2. The molecule has 3 aliphatic heterocycles. The number of hydrogen-bond donors (Lipinski definition) is 1. The van der Waals surface area contributed by atoms with Crippen molar-refractivity contribution in [2.75, 3.05) is 39.4 Å². The van der Waals surface area contributed by atoms with E-state index in [9.17, 15) is 17.6 Å². The van der Waals surface area contributed by atoms with Crippen LogP contribution in [0.4, 0.5) is 4.39 Å². The van der Waals surface area contributed by atoms with Gasteiger partial charge in [-0.05, 0) is 19.0 Å². The highest BCUT2D eigenvalue weighted by atomic mass is 35.5. The molecule has 4 heterocycles. The van der Waals surface area contributed by atoms with Crippen LogP contribution >= 0.6 is 12.4 Å². The van der Waals surface area contributed by atoms with E-state index in [1.807, 2.05) is 0 Å². The smallest absolute Gasteiger partial charge is 0.274 e. The Morgan fingerprint density at radius 3 is 2.73 bits per heavy atom. The van der Waals surface area contributed by atoms with E-state index in [2.05, 4.69) is 10.4 Å². The number of nitrogens with zero attached hydrogens (tertiary/aromatic N) is 3. The molecule has 5 rings (SSSR count). The summed E-state index contributed by atoms with van der Waals surface area (Å²) >= 11 is 0. The predicted octanol–water partition coefficient (Wildman–Crippen LogP) is 1.41. The summed E-state index contributed by atoms with van der Waals surface area (Å²) in [7, 11) is -3.92. The van der Waals surface area contributed by atoms with E-state index in [0.29, 0.717) is 44.1 Å². The van der Waals surface area contributed by atoms with Gasteiger partial charge in [0.1, 0.15) is 10.7 Å². The summed E-state index contributed by atoms with van der Waals surface area (Å²) in [4.78, 5) is 14.5. The Hall–Kier alpha value is -2.01.